The Morgan fingerprint density at radius 2 is 1.38 bits per heavy atom. The molecule has 0 atom stereocenters. The predicted molar refractivity (Wildman–Crippen MR) is 63.9 cm³/mol. The lowest BCUT2D eigenvalue weighted by Crippen LogP contribution is -1.98. The van der Waals surface area contributed by atoms with Crippen molar-refractivity contribution in [2.24, 2.45) is 0 Å². The summed E-state index contributed by atoms with van der Waals surface area (Å²) < 4.78 is 0. The maximum Gasteiger partial charge on any atom is 0.113 e. The number of rotatable bonds is 1. The van der Waals surface area contributed by atoms with Gasteiger partial charge in [0.25, 0.3) is 0 Å². The van der Waals surface area contributed by atoms with Gasteiger partial charge in [-0.15, -0.1) is 15.0 Å². The Kier molecular flexibility index (Phi) is 2.11. The molecule has 0 spiro atoms. The number of halogens is 1. The van der Waals surface area contributed by atoms with Crippen LogP contribution < -0.4 is 0 Å². The van der Waals surface area contributed by atoms with Gasteiger partial charge in [-0.1, -0.05) is 35.9 Å². The third-order valence-corrected chi connectivity index (χ3v) is 2.67. The molecule has 0 aliphatic carbocycles. The molecule has 3 rings (SSSR count). The van der Waals surface area contributed by atoms with Crippen LogP contribution in [0.3, 0.4) is 0 Å². The minimum Gasteiger partial charge on any atom is -0.149 e. The molecule has 0 aliphatic rings. The minimum absolute atomic E-state index is 0.641. The summed E-state index contributed by atoms with van der Waals surface area (Å²) in [6, 6.07) is 15.2. The molecule has 2 aromatic carbocycles. The molecule has 1 heterocycles. The average Bonchev–Trinajstić information content (AvgIpc) is 2.73. The van der Waals surface area contributed by atoms with Crippen molar-refractivity contribution in [2.75, 3.05) is 0 Å². The standard InChI is InChI=1S/C12H8ClN3/c13-9-5-1-4-8-12(9)16-14-10-6-2-3-7-11(10)15-16/h1-8H. The molecule has 0 N–H and O–H groups in total. The monoisotopic (exact) mass is 229 g/mol. The van der Waals surface area contributed by atoms with E-state index in [4.69, 9.17) is 11.6 Å². The van der Waals surface area contributed by atoms with Crippen molar-refractivity contribution in [3.63, 3.8) is 0 Å². The Balaban J connectivity index is 2.23. The molecular weight excluding hydrogens is 222 g/mol. The van der Waals surface area contributed by atoms with Crippen LogP contribution >= 0.6 is 11.6 Å². The summed E-state index contributed by atoms with van der Waals surface area (Å²) in [6.07, 6.45) is 0. The molecule has 3 aromatic rings. The van der Waals surface area contributed by atoms with Gasteiger partial charge in [-0.3, -0.25) is 0 Å². The van der Waals surface area contributed by atoms with E-state index in [-0.39, 0.29) is 0 Å². The van der Waals surface area contributed by atoms with Crippen molar-refractivity contribution < 1.29 is 0 Å². The fraction of sp³-hybridized carbons (Fsp3) is 0. The van der Waals surface area contributed by atoms with Gasteiger partial charge in [0.1, 0.15) is 16.7 Å². The summed E-state index contributed by atoms with van der Waals surface area (Å²) in [5.74, 6) is 0. The third kappa shape index (κ3) is 1.46. The van der Waals surface area contributed by atoms with Crippen LogP contribution in [0.5, 0.6) is 0 Å². The highest BCUT2D eigenvalue weighted by Crippen LogP contribution is 2.19. The Morgan fingerprint density at radius 1 is 0.812 bits per heavy atom. The molecule has 0 saturated heterocycles. The molecule has 0 fully saturated rings. The zero-order valence-corrected chi connectivity index (χ0v) is 9.09. The minimum atomic E-state index is 0.641. The fourth-order valence-electron chi connectivity index (χ4n) is 1.58. The van der Waals surface area contributed by atoms with Crippen LogP contribution in [0, 0.1) is 0 Å². The first-order valence-corrected chi connectivity index (χ1v) is 5.29. The van der Waals surface area contributed by atoms with Crippen LogP contribution in [0.25, 0.3) is 16.7 Å². The van der Waals surface area contributed by atoms with E-state index >= 15 is 0 Å². The molecule has 78 valence electrons. The van der Waals surface area contributed by atoms with E-state index in [2.05, 4.69) is 10.2 Å². The normalized spacial score (nSPS) is 10.8. The van der Waals surface area contributed by atoms with Gasteiger partial charge in [0.15, 0.2) is 0 Å². The molecule has 1 aromatic heterocycles. The molecule has 0 saturated carbocycles. The van der Waals surface area contributed by atoms with E-state index < -0.39 is 0 Å². The van der Waals surface area contributed by atoms with E-state index in [9.17, 15) is 0 Å². The summed E-state index contributed by atoms with van der Waals surface area (Å²) >= 11 is 6.09. The second kappa shape index (κ2) is 3.61. The van der Waals surface area contributed by atoms with Crippen molar-refractivity contribution in [1.82, 2.24) is 15.0 Å². The van der Waals surface area contributed by atoms with Crippen molar-refractivity contribution in [3.8, 4) is 5.69 Å². The van der Waals surface area contributed by atoms with E-state index in [0.717, 1.165) is 16.7 Å². The zero-order chi connectivity index (χ0) is 11.0. The van der Waals surface area contributed by atoms with Crippen molar-refractivity contribution >= 4 is 22.6 Å². The van der Waals surface area contributed by atoms with Gasteiger partial charge < -0.3 is 0 Å². The lowest BCUT2D eigenvalue weighted by molar-refractivity contribution is 0.766. The zero-order valence-electron chi connectivity index (χ0n) is 8.34. The number of nitrogens with zero attached hydrogens (tertiary/aromatic N) is 3. The molecule has 4 heteroatoms. The first-order valence-electron chi connectivity index (χ1n) is 4.91. The summed E-state index contributed by atoms with van der Waals surface area (Å²) in [5.41, 5.74) is 2.52. The number of benzene rings is 2. The summed E-state index contributed by atoms with van der Waals surface area (Å²) in [5, 5.41) is 9.37. The average molecular weight is 230 g/mol. The largest absolute Gasteiger partial charge is 0.149 e. The number of hydrogen-bond acceptors (Lipinski definition) is 2. The summed E-state index contributed by atoms with van der Waals surface area (Å²) in [7, 11) is 0. The van der Waals surface area contributed by atoms with Crippen LogP contribution in [-0.4, -0.2) is 15.0 Å². The van der Waals surface area contributed by atoms with Crippen LogP contribution in [0.1, 0.15) is 0 Å². The Hall–Kier alpha value is -1.87. The Morgan fingerprint density at radius 3 is 2.00 bits per heavy atom. The Labute approximate surface area is 97.3 Å². The molecule has 16 heavy (non-hydrogen) atoms. The topological polar surface area (TPSA) is 30.7 Å². The number of para-hydroxylation sites is 1. The van der Waals surface area contributed by atoms with Gasteiger partial charge in [-0.2, -0.15) is 0 Å². The van der Waals surface area contributed by atoms with Crippen molar-refractivity contribution in [3.05, 3.63) is 53.6 Å². The van der Waals surface area contributed by atoms with Gasteiger partial charge in [-0.25, -0.2) is 0 Å². The second-order valence-electron chi connectivity index (χ2n) is 3.43. The number of aromatic nitrogens is 3. The summed E-state index contributed by atoms with van der Waals surface area (Å²) in [4.78, 5) is 1.56. The van der Waals surface area contributed by atoms with E-state index in [0.29, 0.717) is 5.02 Å². The van der Waals surface area contributed by atoms with E-state index in [1.54, 1.807) is 4.80 Å². The first-order chi connectivity index (χ1) is 7.84. The second-order valence-corrected chi connectivity index (χ2v) is 3.84. The number of hydrogen-bond donors (Lipinski definition) is 0. The predicted octanol–water partition coefficient (Wildman–Crippen LogP) is 3.07. The van der Waals surface area contributed by atoms with Crippen LogP contribution in [0.4, 0.5) is 0 Å². The SMILES string of the molecule is Clc1ccccc1-n1nc2ccccc2n1. The van der Waals surface area contributed by atoms with Crippen LogP contribution in [0.2, 0.25) is 5.02 Å². The smallest absolute Gasteiger partial charge is 0.113 e. The third-order valence-electron chi connectivity index (χ3n) is 2.35. The van der Waals surface area contributed by atoms with Crippen LogP contribution in [-0.2, 0) is 0 Å². The van der Waals surface area contributed by atoms with Gasteiger partial charge in [0, 0.05) is 0 Å². The van der Waals surface area contributed by atoms with Crippen molar-refractivity contribution in [1.29, 1.82) is 0 Å². The highest BCUT2D eigenvalue weighted by Gasteiger charge is 2.06. The van der Waals surface area contributed by atoms with Crippen LogP contribution in [0.15, 0.2) is 48.5 Å². The highest BCUT2D eigenvalue weighted by molar-refractivity contribution is 6.32. The van der Waals surface area contributed by atoms with E-state index in [1.807, 2.05) is 48.5 Å². The maximum atomic E-state index is 6.09. The van der Waals surface area contributed by atoms with Gasteiger partial charge >= 0.3 is 0 Å². The summed E-state index contributed by atoms with van der Waals surface area (Å²) in [6.45, 7) is 0. The molecule has 0 bridgehead atoms. The van der Waals surface area contributed by atoms with Gasteiger partial charge in [0.2, 0.25) is 0 Å². The maximum absolute atomic E-state index is 6.09. The lowest BCUT2D eigenvalue weighted by atomic mass is 10.3. The van der Waals surface area contributed by atoms with Gasteiger partial charge in [0.05, 0.1) is 5.02 Å². The molecule has 0 amide bonds. The number of fused-ring (bicyclic) bond motifs is 1. The molecule has 0 unspecified atom stereocenters. The highest BCUT2D eigenvalue weighted by atomic mass is 35.5. The fourth-order valence-corrected chi connectivity index (χ4v) is 1.79. The lowest BCUT2D eigenvalue weighted by Gasteiger charge is -2.00. The molecule has 0 radical (unpaired) electrons. The molecule has 3 nitrogen and oxygen atoms in total. The van der Waals surface area contributed by atoms with E-state index in [1.165, 1.54) is 0 Å². The van der Waals surface area contributed by atoms with Gasteiger partial charge in [-0.05, 0) is 24.3 Å². The Bertz CT molecular complexity index is 612. The quantitative estimate of drug-likeness (QED) is 0.642. The van der Waals surface area contributed by atoms with Crippen molar-refractivity contribution in [2.45, 2.75) is 0 Å². The molecular formula is C12H8ClN3. The first kappa shape index (κ1) is 9.36. The molecule has 0 aliphatic heterocycles.